The Balaban J connectivity index is 1.80. The number of hydrogen-bond acceptors (Lipinski definition) is 2. The predicted molar refractivity (Wildman–Crippen MR) is 59.6 cm³/mol. The number of halogens is 1. The lowest BCUT2D eigenvalue weighted by molar-refractivity contribution is -0.149. The lowest BCUT2D eigenvalue weighted by Crippen LogP contribution is -2.24. The molecule has 1 saturated carbocycles. The molecule has 0 amide bonds. The Morgan fingerprint density at radius 2 is 2.27 bits per heavy atom. The lowest BCUT2D eigenvalue weighted by Gasteiger charge is -2.24. The molecule has 2 aliphatic carbocycles. The highest BCUT2D eigenvalue weighted by Gasteiger charge is 2.34. The molecule has 15 heavy (non-hydrogen) atoms. The van der Waals surface area contributed by atoms with Crippen molar-refractivity contribution in [3.63, 3.8) is 0 Å². The third kappa shape index (κ3) is 2.97. The molecule has 2 atom stereocenters. The molecule has 0 bridgehead atoms. The molecule has 0 heterocycles. The van der Waals surface area contributed by atoms with Crippen LogP contribution in [0.1, 0.15) is 39.0 Å². The Hall–Kier alpha value is -0.500. The molecule has 3 heteroatoms. The Morgan fingerprint density at radius 3 is 2.80 bits per heavy atom. The van der Waals surface area contributed by atoms with Gasteiger partial charge >= 0.3 is 5.97 Å². The number of carbonyl (C=O) groups is 1. The van der Waals surface area contributed by atoms with Crippen molar-refractivity contribution in [3.8, 4) is 0 Å². The van der Waals surface area contributed by atoms with Gasteiger partial charge in [-0.15, -0.1) is 0 Å². The normalized spacial score (nSPS) is 28.1. The Bertz CT molecular complexity index is 281. The quantitative estimate of drug-likeness (QED) is 0.421. The van der Waals surface area contributed by atoms with Crippen molar-refractivity contribution in [1.29, 1.82) is 0 Å². The molecule has 0 aromatic rings. The van der Waals surface area contributed by atoms with Gasteiger partial charge in [0.25, 0.3) is 0 Å². The SMILES string of the molecule is CC1=CCC(C(Cl)OC(=O)C2CC2)CC1. The van der Waals surface area contributed by atoms with Crippen LogP contribution in [-0.4, -0.2) is 11.5 Å². The highest BCUT2D eigenvalue weighted by atomic mass is 35.5. The van der Waals surface area contributed by atoms with Crippen LogP contribution in [0.25, 0.3) is 0 Å². The summed E-state index contributed by atoms with van der Waals surface area (Å²) in [5.41, 5.74) is 0.992. The third-order valence-corrected chi connectivity index (χ3v) is 3.63. The van der Waals surface area contributed by atoms with Crippen molar-refractivity contribution >= 4 is 17.6 Å². The summed E-state index contributed by atoms with van der Waals surface area (Å²) in [5, 5.41) is 0. The molecule has 0 saturated heterocycles. The van der Waals surface area contributed by atoms with Crippen molar-refractivity contribution in [3.05, 3.63) is 11.6 Å². The predicted octanol–water partition coefficient (Wildman–Crippen LogP) is 3.25. The molecule has 2 nitrogen and oxygen atoms in total. The molecule has 0 aliphatic heterocycles. The molecule has 2 aliphatic rings. The van der Waals surface area contributed by atoms with Crippen LogP contribution in [0.15, 0.2) is 11.6 Å². The molecule has 1 fully saturated rings. The van der Waals surface area contributed by atoms with E-state index >= 15 is 0 Å². The molecule has 84 valence electrons. The van der Waals surface area contributed by atoms with Gasteiger partial charge in [-0.05, 0) is 39.0 Å². The first-order valence-corrected chi connectivity index (χ1v) is 6.10. The van der Waals surface area contributed by atoms with E-state index in [1.807, 2.05) is 0 Å². The van der Waals surface area contributed by atoms with Crippen molar-refractivity contribution in [2.75, 3.05) is 0 Å². The van der Waals surface area contributed by atoms with E-state index in [4.69, 9.17) is 16.3 Å². The van der Waals surface area contributed by atoms with Crippen LogP contribution in [-0.2, 0) is 9.53 Å². The van der Waals surface area contributed by atoms with Gasteiger partial charge in [0.15, 0.2) is 5.56 Å². The zero-order valence-electron chi connectivity index (χ0n) is 9.04. The number of ether oxygens (including phenoxy) is 1. The highest BCUT2D eigenvalue weighted by Crippen LogP contribution is 2.34. The smallest absolute Gasteiger partial charge is 0.310 e. The minimum Gasteiger partial charge on any atom is -0.445 e. The number of carbonyl (C=O) groups excluding carboxylic acids is 1. The van der Waals surface area contributed by atoms with Crippen LogP contribution >= 0.6 is 11.6 Å². The third-order valence-electron chi connectivity index (χ3n) is 3.19. The monoisotopic (exact) mass is 228 g/mol. The average Bonchev–Trinajstić information content (AvgIpc) is 3.01. The van der Waals surface area contributed by atoms with E-state index in [0.717, 1.165) is 32.1 Å². The minimum absolute atomic E-state index is 0.0960. The number of rotatable bonds is 3. The maximum absolute atomic E-state index is 11.4. The van der Waals surface area contributed by atoms with Gasteiger partial charge in [-0.1, -0.05) is 23.3 Å². The van der Waals surface area contributed by atoms with Gasteiger partial charge < -0.3 is 4.74 Å². The molecule has 0 radical (unpaired) electrons. The Morgan fingerprint density at radius 1 is 1.53 bits per heavy atom. The van der Waals surface area contributed by atoms with Crippen LogP contribution in [0.5, 0.6) is 0 Å². The van der Waals surface area contributed by atoms with E-state index in [1.54, 1.807) is 0 Å². The molecule has 0 aromatic heterocycles. The molecule has 2 rings (SSSR count). The van der Waals surface area contributed by atoms with Gasteiger partial charge in [-0.3, -0.25) is 4.79 Å². The van der Waals surface area contributed by atoms with E-state index in [2.05, 4.69) is 13.0 Å². The first kappa shape index (κ1) is 11.0. The lowest BCUT2D eigenvalue weighted by atomic mass is 9.91. The van der Waals surface area contributed by atoms with Crippen molar-refractivity contribution in [2.45, 2.75) is 44.6 Å². The fraction of sp³-hybridized carbons (Fsp3) is 0.750. The largest absolute Gasteiger partial charge is 0.445 e. The first-order valence-electron chi connectivity index (χ1n) is 5.67. The van der Waals surface area contributed by atoms with Crippen LogP contribution < -0.4 is 0 Å². The zero-order valence-corrected chi connectivity index (χ0v) is 9.80. The molecule has 0 N–H and O–H groups in total. The fourth-order valence-corrected chi connectivity index (χ4v) is 2.16. The van der Waals surface area contributed by atoms with E-state index in [0.29, 0.717) is 5.92 Å². The second-order valence-electron chi connectivity index (χ2n) is 4.65. The number of allylic oxidation sites excluding steroid dienone is 2. The van der Waals surface area contributed by atoms with Gasteiger partial charge in [-0.2, -0.15) is 0 Å². The topological polar surface area (TPSA) is 26.3 Å². The Kier molecular flexibility index (Phi) is 3.35. The van der Waals surface area contributed by atoms with Gasteiger partial charge in [0.1, 0.15) is 0 Å². The zero-order chi connectivity index (χ0) is 10.8. The van der Waals surface area contributed by atoms with Crippen molar-refractivity contribution < 1.29 is 9.53 Å². The van der Waals surface area contributed by atoms with Crippen LogP contribution in [0.4, 0.5) is 0 Å². The van der Waals surface area contributed by atoms with E-state index < -0.39 is 5.56 Å². The first-order chi connectivity index (χ1) is 7.16. The maximum atomic E-state index is 11.4. The molecule has 2 unspecified atom stereocenters. The van der Waals surface area contributed by atoms with Crippen LogP contribution in [0.2, 0.25) is 0 Å². The van der Waals surface area contributed by atoms with Gasteiger partial charge in [0.05, 0.1) is 5.92 Å². The Labute approximate surface area is 95.6 Å². The van der Waals surface area contributed by atoms with E-state index in [9.17, 15) is 4.79 Å². The van der Waals surface area contributed by atoms with E-state index in [-0.39, 0.29) is 11.9 Å². The van der Waals surface area contributed by atoms with Gasteiger partial charge in [0, 0.05) is 5.92 Å². The molecule has 0 spiro atoms. The van der Waals surface area contributed by atoms with E-state index in [1.165, 1.54) is 5.57 Å². The summed E-state index contributed by atoms with van der Waals surface area (Å²) in [6.45, 7) is 2.13. The fourth-order valence-electron chi connectivity index (χ4n) is 1.85. The summed E-state index contributed by atoms with van der Waals surface area (Å²) < 4.78 is 5.25. The summed E-state index contributed by atoms with van der Waals surface area (Å²) in [7, 11) is 0. The molecular weight excluding hydrogens is 212 g/mol. The second-order valence-corrected chi connectivity index (χ2v) is 5.08. The highest BCUT2D eigenvalue weighted by molar-refractivity contribution is 6.20. The summed E-state index contributed by atoms with van der Waals surface area (Å²) in [5.74, 6) is 0.353. The van der Waals surface area contributed by atoms with Crippen molar-refractivity contribution in [2.24, 2.45) is 11.8 Å². The molecular formula is C12H17ClO2. The summed E-state index contributed by atoms with van der Waals surface area (Å²) >= 11 is 6.10. The summed E-state index contributed by atoms with van der Waals surface area (Å²) in [6, 6.07) is 0. The maximum Gasteiger partial charge on any atom is 0.310 e. The van der Waals surface area contributed by atoms with Gasteiger partial charge in [0.2, 0.25) is 0 Å². The standard InChI is InChI=1S/C12H17ClO2/c1-8-2-4-9(5-3-8)11(13)15-12(14)10-6-7-10/h2,9-11H,3-7H2,1H3. The van der Waals surface area contributed by atoms with Crippen LogP contribution in [0, 0.1) is 11.8 Å². The average molecular weight is 229 g/mol. The summed E-state index contributed by atoms with van der Waals surface area (Å²) in [6.07, 6.45) is 7.22. The van der Waals surface area contributed by atoms with Crippen LogP contribution in [0.3, 0.4) is 0 Å². The number of esters is 1. The van der Waals surface area contributed by atoms with Gasteiger partial charge in [-0.25, -0.2) is 0 Å². The summed E-state index contributed by atoms with van der Waals surface area (Å²) in [4.78, 5) is 11.4. The molecule has 0 aromatic carbocycles. The number of alkyl halides is 1. The van der Waals surface area contributed by atoms with Crippen molar-refractivity contribution in [1.82, 2.24) is 0 Å². The second kappa shape index (κ2) is 4.56. The number of hydrogen-bond donors (Lipinski definition) is 0. The minimum atomic E-state index is -0.428.